The van der Waals surface area contributed by atoms with E-state index in [0.717, 1.165) is 16.9 Å². The van der Waals surface area contributed by atoms with Gasteiger partial charge in [-0.1, -0.05) is 32.9 Å². The van der Waals surface area contributed by atoms with Gasteiger partial charge in [0.2, 0.25) is 0 Å². The predicted octanol–water partition coefficient (Wildman–Crippen LogP) is 4.70. The molecular weight excluding hydrogens is 344 g/mol. The molecule has 0 bridgehead atoms. The number of pyridine rings is 1. The fourth-order valence-corrected chi connectivity index (χ4v) is 3.11. The number of rotatable bonds is 5. The van der Waals surface area contributed by atoms with E-state index in [1.165, 1.54) is 17.1 Å². The van der Waals surface area contributed by atoms with Gasteiger partial charge in [0.05, 0.1) is 5.69 Å². The first-order valence-electron chi connectivity index (χ1n) is 8.42. The summed E-state index contributed by atoms with van der Waals surface area (Å²) in [6, 6.07) is 11.8. The zero-order valence-electron chi connectivity index (χ0n) is 15.1. The molecule has 0 radical (unpaired) electrons. The molecule has 0 unspecified atom stereocenters. The highest BCUT2D eigenvalue weighted by molar-refractivity contribution is 7.04. The maximum atomic E-state index is 12.6. The smallest absolute Gasteiger partial charge is 0.277 e. The lowest BCUT2D eigenvalue weighted by Gasteiger charge is -2.19. The van der Waals surface area contributed by atoms with E-state index in [1.54, 1.807) is 12.4 Å². The minimum absolute atomic E-state index is 0.0848. The molecule has 0 fully saturated rings. The highest BCUT2D eigenvalue weighted by Gasteiger charge is 2.16. The van der Waals surface area contributed by atoms with Gasteiger partial charge in [-0.2, -0.15) is 4.37 Å². The monoisotopic (exact) mass is 366 g/mol. The lowest BCUT2D eigenvalue weighted by atomic mass is 9.87. The molecule has 0 aliphatic heterocycles. The Morgan fingerprint density at radius 2 is 1.77 bits per heavy atom. The molecule has 0 spiro atoms. The number of carbonyl (C=O) groups is 1. The van der Waals surface area contributed by atoms with E-state index in [1.807, 2.05) is 41.8 Å². The number of carbonyl (C=O) groups excluding carboxylic acids is 1. The minimum Gasteiger partial charge on any atom is -0.378 e. The van der Waals surface area contributed by atoms with Gasteiger partial charge in [0, 0.05) is 30.0 Å². The quantitative estimate of drug-likeness (QED) is 0.687. The molecule has 0 saturated heterocycles. The van der Waals surface area contributed by atoms with Gasteiger partial charge < -0.3 is 10.6 Å². The van der Waals surface area contributed by atoms with Crippen LogP contribution in [0.25, 0.3) is 0 Å². The SMILES string of the molecule is CC(C)(C)c1ccc(NC(=O)c2nscc2NCc2ccncc2)cc1. The van der Waals surface area contributed by atoms with Crippen molar-refractivity contribution in [1.29, 1.82) is 0 Å². The van der Waals surface area contributed by atoms with E-state index in [0.29, 0.717) is 12.2 Å². The van der Waals surface area contributed by atoms with Crippen molar-refractivity contribution in [2.24, 2.45) is 0 Å². The van der Waals surface area contributed by atoms with Crippen LogP contribution in [0.2, 0.25) is 0 Å². The van der Waals surface area contributed by atoms with Crippen LogP contribution in [0.15, 0.2) is 54.2 Å². The highest BCUT2D eigenvalue weighted by Crippen LogP contribution is 2.24. The van der Waals surface area contributed by atoms with Crippen LogP contribution < -0.4 is 10.6 Å². The largest absolute Gasteiger partial charge is 0.378 e. The number of anilines is 2. The molecule has 2 heterocycles. The number of benzene rings is 1. The molecular formula is C20H22N4OS. The topological polar surface area (TPSA) is 66.9 Å². The molecule has 1 amide bonds. The molecule has 2 aromatic heterocycles. The fourth-order valence-electron chi connectivity index (χ4n) is 2.47. The Labute approximate surface area is 157 Å². The maximum Gasteiger partial charge on any atom is 0.277 e. The number of amides is 1. The summed E-state index contributed by atoms with van der Waals surface area (Å²) in [7, 11) is 0. The average molecular weight is 366 g/mol. The number of nitrogens with one attached hydrogen (secondary N) is 2. The number of nitrogens with zero attached hydrogens (tertiary/aromatic N) is 2. The summed E-state index contributed by atoms with van der Waals surface area (Å²) < 4.78 is 4.24. The summed E-state index contributed by atoms with van der Waals surface area (Å²) >= 11 is 1.26. The molecule has 6 heteroatoms. The second-order valence-electron chi connectivity index (χ2n) is 7.07. The van der Waals surface area contributed by atoms with Crippen molar-refractivity contribution in [1.82, 2.24) is 9.36 Å². The van der Waals surface area contributed by atoms with Crippen LogP contribution in [-0.2, 0) is 12.0 Å². The summed E-state index contributed by atoms with van der Waals surface area (Å²) in [6.07, 6.45) is 3.50. The molecule has 1 aromatic carbocycles. The standard InChI is InChI=1S/C20H22N4OS/c1-20(2,3)15-4-6-16(7-5-15)23-19(25)18-17(13-26-24-18)22-12-14-8-10-21-11-9-14/h4-11,13,22H,12H2,1-3H3,(H,23,25). The normalized spacial score (nSPS) is 11.2. The molecule has 0 atom stereocenters. The lowest BCUT2D eigenvalue weighted by Crippen LogP contribution is -2.15. The van der Waals surface area contributed by atoms with Crippen molar-refractivity contribution in [2.45, 2.75) is 32.7 Å². The maximum absolute atomic E-state index is 12.6. The fraction of sp³-hybridized carbons (Fsp3) is 0.250. The Balaban J connectivity index is 1.66. The van der Waals surface area contributed by atoms with Crippen molar-refractivity contribution in [3.8, 4) is 0 Å². The number of hydrogen-bond acceptors (Lipinski definition) is 5. The highest BCUT2D eigenvalue weighted by atomic mass is 32.1. The Morgan fingerprint density at radius 1 is 1.08 bits per heavy atom. The van der Waals surface area contributed by atoms with Gasteiger partial charge in [0.1, 0.15) is 0 Å². The van der Waals surface area contributed by atoms with Crippen LogP contribution in [0.1, 0.15) is 42.4 Å². The van der Waals surface area contributed by atoms with Crippen LogP contribution in [-0.4, -0.2) is 15.3 Å². The van der Waals surface area contributed by atoms with Crippen LogP contribution in [0, 0.1) is 0 Å². The van der Waals surface area contributed by atoms with Crippen molar-refractivity contribution < 1.29 is 4.79 Å². The van der Waals surface area contributed by atoms with Crippen LogP contribution in [0.4, 0.5) is 11.4 Å². The van der Waals surface area contributed by atoms with Gasteiger partial charge in [-0.3, -0.25) is 9.78 Å². The molecule has 2 N–H and O–H groups in total. The van der Waals surface area contributed by atoms with Crippen LogP contribution in [0.5, 0.6) is 0 Å². The van der Waals surface area contributed by atoms with Gasteiger partial charge in [0.15, 0.2) is 5.69 Å². The second-order valence-corrected chi connectivity index (χ2v) is 7.70. The van der Waals surface area contributed by atoms with Gasteiger partial charge in [-0.15, -0.1) is 0 Å². The van der Waals surface area contributed by atoms with Gasteiger partial charge >= 0.3 is 0 Å². The van der Waals surface area contributed by atoms with E-state index in [9.17, 15) is 4.79 Å². The van der Waals surface area contributed by atoms with Gasteiger partial charge in [-0.25, -0.2) is 0 Å². The average Bonchev–Trinajstić information content (AvgIpc) is 3.09. The third-order valence-electron chi connectivity index (χ3n) is 4.03. The third kappa shape index (κ3) is 4.46. The summed E-state index contributed by atoms with van der Waals surface area (Å²) in [4.78, 5) is 16.6. The molecule has 3 rings (SSSR count). The first-order chi connectivity index (χ1) is 12.4. The van der Waals surface area contributed by atoms with E-state index in [2.05, 4.69) is 40.8 Å². The summed E-state index contributed by atoms with van der Waals surface area (Å²) in [5.74, 6) is -0.216. The first kappa shape index (κ1) is 18.1. The Bertz CT molecular complexity index is 867. The summed E-state index contributed by atoms with van der Waals surface area (Å²) in [5.41, 5.74) is 4.30. The molecule has 5 nitrogen and oxygen atoms in total. The first-order valence-corrected chi connectivity index (χ1v) is 9.26. The summed E-state index contributed by atoms with van der Waals surface area (Å²) in [5, 5.41) is 8.03. The lowest BCUT2D eigenvalue weighted by molar-refractivity contribution is 0.102. The molecule has 26 heavy (non-hydrogen) atoms. The van der Waals surface area contributed by atoms with E-state index < -0.39 is 0 Å². The predicted molar refractivity (Wildman–Crippen MR) is 107 cm³/mol. The van der Waals surface area contributed by atoms with Crippen molar-refractivity contribution in [3.05, 3.63) is 71.0 Å². The molecule has 0 aliphatic carbocycles. The molecule has 0 saturated carbocycles. The Kier molecular flexibility index (Phi) is 5.32. The van der Waals surface area contributed by atoms with Crippen LogP contribution in [0.3, 0.4) is 0 Å². The minimum atomic E-state index is -0.216. The molecule has 3 aromatic rings. The van der Waals surface area contributed by atoms with Crippen molar-refractivity contribution >= 4 is 28.8 Å². The molecule has 0 aliphatic rings. The van der Waals surface area contributed by atoms with Crippen LogP contribution >= 0.6 is 11.5 Å². The van der Waals surface area contributed by atoms with Crippen molar-refractivity contribution in [2.75, 3.05) is 10.6 Å². The van der Waals surface area contributed by atoms with Crippen molar-refractivity contribution in [3.63, 3.8) is 0 Å². The van der Waals surface area contributed by atoms with Gasteiger partial charge in [0.25, 0.3) is 5.91 Å². The number of hydrogen-bond donors (Lipinski definition) is 2. The Hall–Kier alpha value is -2.73. The van der Waals surface area contributed by atoms with Gasteiger partial charge in [-0.05, 0) is 52.3 Å². The zero-order valence-corrected chi connectivity index (χ0v) is 15.9. The second kappa shape index (κ2) is 7.66. The molecule has 134 valence electrons. The van der Waals surface area contributed by atoms with E-state index in [4.69, 9.17) is 0 Å². The number of aromatic nitrogens is 2. The third-order valence-corrected chi connectivity index (χ3v) is 4.65. The summed E-state index contributed by atoms with van der Waals surface area (Å²) in [6.45, 7) is 7.10. The van der Waals surface area contributed by atoms with E-state index in [-0.39, 0.29) is 11.3 Å². The van der Waals surface area contributed by atoms with E-state index >= 15 is 0 Å². The Morgan fingerprint density at radius 3 is 2.42 bits per heavy atom. The zero-order chi connectivity index (χ0) is 18.6.